The van der Waals surface area contributed by atoms with Gasteiger partial charge >= 0.3 is 0 Å². The highest BCUT2D eigenvalue weighted by atomic mass is 127. The van der Waals surface area contributed by atoms with Crippen molar-refractivity contribution in [1.82, 2.24) is 20.9 Å². The summed E-state index contributed by atoms with van der Waals surface area (Å²) in [7, 11) is 0. The van der Waals surface area contributed by atoms with Crippen molar-refractivity contribution in [2.24, 2.45) is 10.8 Å². The summed E-state index contributed by atoms with van der Waals surface area (Å²) >= 11 is 2.31. The van der Waals surface area contributed by atoms with Gasteiger partial charge in [0.05, 0.1) is 42.3 Å². The Labute approximate surface area is 288 Å². The van der Waals surface area contributed by atoms with E-state index >= 15 is 0 Å². The zero-order valence-electron chi connectivity index (χ0n) is 29.6. The molecule has 0 atom stereocenters. The minimum absolute atomic E-state index is 0. The quantitative estimate of drug-likeness (QED) is 0.127. The first-order valence-corrected chi connectivity index (χ1v) is 16.8. The molecule has 0 unspecified atom stereocenters. The number of hydroxylamine groups is 2. The molecule has 2 rings (SSSR count). The van der Waals surface area contributed by atoms with Gasteiger partial charge in [-0.25, -0.2) is 11.0 Å². The van der Waals surface area contributed by atoms with Crippen LogP contribution in [-0.2, 0) is 20.5 Å². The SMILES string of the molecule is C.CC.CC.CC(C)(CI)CONC(=O)c1cccnc1C(C)(C)C.CC(C)(CO)CONC(=O)c1cccnc1C(C)(C)C. The summed E-state index contributed by atoms with van der Waals surface area (Å²) in [5.74, 6) is -0.566. The third-order valence-corrected chi connectivity index (χ3v) is 7.64. The van der Waals surface area contributed by atoms with Gasteiger partial charge in [0, 0.05) is 33.1 Å². The molecule has 2 heterocycles. The van der Waals surface area contributed by atoms with Crippen LogP contribution in [0.1, 0.15) is 136 Å². The van der Waals surface area contributed by atoms with Gasteiger partial charge in [-0.15, -0.1) is 0 Å². The van der Waals surface area contributed by atoms with Gasteiger partial charge < -0.3 is 5.11 Å². The van der Waals surface area contributed by atoms with Crippen molar-refractivity contribution < 1.29 is 24.4 Å². The smallest absolute Gasteiger partial charge is 0.276 e. The standard InChI is InChI=1S/C15H23IN2O2.C15H24N2O3.2C2H6.CH4/c1-14(2,3)12-11(7-6-8-17-12)13(19)18-20-10-15(4,5)9-16;1-14(2,3)12-11(7-6-8-16-12)13(19)17-20-10-15(4,5)9-18;2*1-2;/h6-8H,9-10H2,1-5H3,(H,18,19);6-8,18H,9-10H2,1-5H3,(H,17,19);2*1-2H3;1H4. The van der Waals surface area contributed by atoms with E-state index in [2.05, 4.69) is 57.4 Å². The molecule has 2 amide bonds. The largest absolute Gasteiger partial charge is 0.396 e. The third-order valence-electron chi connectivity index (χ3n) is 5.57. The summed E-state index contributed by atoms with van der Waals surface area (Å²) in [6.07, 6.45) is 3.38. The molecule has 0 bridgehead atoms. The monoisotopic (exact) mass is 746 g/mol. The summed E-state index contributed by atoms with van der Waals surface area (Å²) in [6, 6.07) is 6.99. The molecule has 260 valence electrons. The van der Waals surface area contributed by atoms with Crippen LogP contribution in [0.3, 0.4) is 0 Å². The lowest BCUT2D eigenvalue weighted by molar-refractivity contribution is -0.0199. The molecule has 9 nitrogen and oxygen atoms in total. The molecule has 0 spiro atoms. The Morgan fingerprint density at radius 3 is 1.33 bits per heavy atom. The fraction of sp³-hybridized carbons (Fsp3) is 0.657. The third kappa shape index (κ3) is 18.6. The predicted molar refractivity (Wildman–Crippen MR) is 196 cm³/mol. The second kappa shape index (κ2) is 22.4. The Balaban J connectivity index is -0.000000692. The van der Waals surface area contributed by atoms with E-state index in [4.69, 9.17) is 14.8 Å². The summed E-state index contributed by atoms with van der Waals surface area (Å²) < 4.78 is 0.959. The first-order chi connectivity index (χ1) is 20.3. The lowest BCUT2D eigenvalue weighted by Gasteiger charge is -2.22. The van der Waals surface area contributed by atoms with Crippen molar-refractivity contribution in [3.8, 4) is 0 Å². The Morgan fingerprint density at radius 1 is 0.711 bits per heavy atom. The molecule has 0 saturated carbocycles. The van der Waals surface area contributed by atoms with Gasteiger partial charge in [-0.3, -0.25) is 29.2 Å². The van der Waals surface area contributed by atoms with E-state index in [1.54, 1.807) is 36.7 Å². The second-order valence-corrected chi connectivity index (χ2v) is 14.1. The van der Waals surface area contributed by atoms with Crippen molar-refractivity contribution in [2.75, 3.05) is 24.2 Å². The van der Waals surface area contributed by atoms with Crippen molar-refractivity contribution in [3.63, 3.8) is 0 Å². The molecule has 2 aromatic rings. The van der Waals surface area contributed by atoms with Crippen molar-refractivity contribution >= 4 is 34.4 Å². The Kier molecular flexibility index (Phi) is 23.5. The molecule has 0 aliphatic rings. The number of nitrogens with one attached hydrogen (secondary N) is 2. The van der Waals surface area contributed by atoms with Crippen LogP contribution in [-0.4, -0.2) is 51.1 Å². The predicted octanol–water partition coefficient (Wildman–Crippen LogP) is 8.25. The van der Waals surface area contributed by atoms with E-state index < -0.39 is 5.41 Å². The number of amides is 2. The van der Waals surface area contributed by atoms with Gasteiger partial charge in [0.1, 0.15) is 0 Å². The molecule has 0 aromatic carbocycles. The van der Waals surface area contributed by atoms with Crippen LogP contribution in [0.15, 0.2) is 36.7 Å². The zero-order chi connectivity index (χ0) is 34.8. The van der Waals surface area contributed by atoms with E-state index in [0.29, 0.717) is 17.7 Å². The van der Waals surface area contributed by atoms with Gasteiger partial charge in [0.25, 0.3) is 11.8 Å². The van der Waals surface area contributed by atoms with Crippen LogP contribution in [0, 0.1) is 10.8 Å². The van der Waals surface area contributed by atoms with Gasteiger partial charge in [0.2, 0.25) is 0 Å². The molecule has 3 N–H and O–H groups in total. The summed E-state index contributed by atoms with van der Waals surface area (Å²) in [5.41, 5.74) is 6.73. The molecule has 2 aromatic heterocycles. The van der Waals surface area contributed by atoms with Crippen LogP contribution >= 0.6 is 22.6 Å². The van der Waals surface area contributed by atoms with Crippen LogP contribution < -0.4 is 11.0 Å². The minimum Gasteiger partial charge on any atom is -0.396 e. The summed E-state index contributed by atoms with van der Waals surface area (Å²) in [4.78, 5) is 43.5. The number of halogens is 1. The molecule has 10 heteroatoms. The van der Waals surface area contributed by atoms with E-state index in [1.807, 2.05) is 83.1 Å². The number of hydrogen-bond donors (Lipinski definition) is 3. The first-order valence-electron chi connectivity index (χ1n) is 15.3. The summed E-state index contributed by atoms with van der Waals surface area (Å²) in [6.45, 7) is 28.7. The average Bonchev–Trinajstić information content (AvgIpc) is 2.98. The van der Waals surface area contributed by atoms with Crippen molar-refractivity contribution in [3.05, 3.63) is 59.2 Å². The van der Waals surface area contributed by atoms with Gasteiger partial charge in [0.15, 0.2) is 0 Å². The number of pyridine rings is 2. The Morgan fingerprint density at radius 2 is 1.04 bits per heavy atom. The fourth-order valence-corrected chi connectivity index (χ4v) is 3.38. The van der Waals surface area contributed by atoms with Crippen LogP contribution in [0.2, 0.25) is 0 Å². The molecule has 45 heavy (non-hydrogen) atoms. The fourth-order valence-electron chi connectivity index (χ4n) is 3.16. The van der Waals surface area contributed by atoms with E-state index in [-0.39, 0.29) is 48.7 Å². The summed E-state index contributed by atoms with van der Waals surface area (Å²) in [5, 5.41) is 9.12. The van der Waals surface area contributed by atoms with Crippen LogP contribution in [0.5, 0.6) is 0 Å². The van der Waals surface area contributed by atoms with E-state index in [9.17, 15) is 9.59 Å². The average molecular weight is 747 g/mol. The number of carbonyl (C=O) groups is 2. The Hall–Kier alpha value is -2.15. The Bertz CT molecular complexity index is 1020. The molecular formula is C35H63IN4O5. The number of carbonyl (C=O) groups excluding carboxylic acids is 2. The maximum atomic E-state index is 12.2. The maximum absolute atomic E-state index is 12.2. The number of nitrogens with zero attached hydrogens (tertiary/aromatic N) is 2. The minimum atomic E-state index is -0.394. The van der Waals surface area contributed by atoms with Crippen LogP contribution in [0.25, 0.3) is 0 Å². The maximum Gasteiger partial charge on any atom is 0.276 e. The number of rotatable bonds is 10. The topological polar surface area (TPSA) is 123 Å². The van der Waals surface area contributed by atoms with Gasteiger partial charge in [-0.2, -0.15) is 0 Å². The van der Waals surface area contributed by atoms with Crippen molar-refractivity contribution in [2.45, 2.75) is 115 Å². The number of aliphatic hydroxyl groups excluding tert-OH is 1. The number of aromatic nitrogens is 2. The normalized spacial score (nSPS) is 11.2. The highest BCUT2D eigenvalue weighted by Crippen LogP contribution is 2.25. The number of hydrogen-bond acceptors (Lipinski definition) is 7. The molecule has 0 aliphatic heterocycles. The lowest BCUT2D eigenvalue weighted by Crippen LogP contribution is -2.33. The molecule has 0 fully saturated rings. The molecule has 0 saturated heterocycles. The number of aliphatic hydroxyl groups is 1. The molecular weight excluding hydrogens is 683 g/mol. The first kappa shape index (κ1) is 47.3. The zero-order valence-corrected chi connectivity index (χ0v) is 31.8. The second-order valence-electron chi connectivity index (χ2n) is 13.4. The van der Waals surface area contributed by atoms with Crippen LogP contribution in [0.4, 0.5) is 0 Å². The van der Waals surface area contributed by atoms with Gasteiger partial charge in [-0.1, -0.05) is 127 Å². The van der Waals surface area contributed by atoms with Crippen molar-refractivity contribution in [1.29, 1.82) is 0 Å². The molecule has 0 radical (unpaired) electrons. The lowest BCUT2D eigenvalue weighted by atomic mass is 9.88. The van der Waals surface area contributed by atoms with Gasteiger partial charge in [-0.05, 0) is 29.7 Å². The molecule has 0 aliphatic carbocycles. The van der Waals surface area contributed by atoms with E-state index in [0.717, 1.165) is 15.8 Å². The van der Waals surface area contributed by atoms with E-state index in [1.165, 1.54) is 0 Å². The highest BCUT2D eigenvalue weighted by Gasteiger charge is 2.25. The number of alkyl halides is 1. The highest BCUT2D eigenvalue weighted by molar-refractivity contribution is 14.1.